The van der Waals surface area contributed by atoms with Crippen molar-refractivity contribution in [2.45, 2.75) is 0 Å². The summed E-state index contributed by atoms with van der Waals surface area (Å²) in [6.45, 7) is 0. The maximum Gasteiger partial charge on any atom is 0.283 e. The van der Waals surface area contributed by atoms with Crippen molar-refractivity contribution in [1.29, 1.82) is 0 Å². The van der Waals surface area contributed by atoms with Gasteiger partial charge in [-0.1, -0.05) is 42.5 Å². The van der Waals surface area contributed by atoms with Gasteiger partial charge in [-0.15, -0.1) is 10.2 Å². The lowest BCUT2D eigenvalue weighted by molar-refractivity contribution is -0.384. The fourth-order valence-corrected chi connectivity index (χ4v) is 2.74. The molecule has 0 radical (unpaired) electrons. The average Bonchev–Trinajstić information content (AvgIpc) is 2.48. The molecule has 3 aromatic carbocycles. The monoisotopic (exact) mass is 291 g/mol. The maximum atomic E-state index is 11.4. The quantitative estimate of drug-likeness (QED) is 0.423. The number of fused-ring (bicyclic) bond motifs is 2. The Hall–Kier alpha value is -3.28. The molecule has 6 heteroatoms. The van der Waals surface area contributed by atoms with Gasteiger partial charge < -0.3 is 5.11 Å². The number of rotatable bonds is 2. The van der Waals surface area contributed by atoms with Crippen LogP contribution in [0.25, 0.3) is 21.9 Å². The van der Waals surface area contributed by atoms with Crippen molar-refractivity contribution in [2.24, 2.45) is 10.2 Å². The van der Waals surface area contributed by atoms with Crippen molar-refractivity contribution in [3.05, 3.63) is 58.6 Å². The summed E-state index contributed by atoms with van der Waals surface area (Å²) in [4.78, 5) is 10.9. The van der Waals surface area contributed by atoms with Crippen LogP contribution in [0, 0.1) is 10.1 Å². The Morgan fingerprint density at radius 3 is 2.45 bits per heavy atom. The van der Waals surface area contributed by atoms with E-state index >= 15 is 0 Å². The lowest BCUT2D eigenvalue weighted by atomic mass is 9.94. The molecule has 0 bridgehead atoms. The number of phenolic OH excluding ortho intramolecular Hbond substituents is 1. The van der Waals surface area contributed by atoms with Crippen LogP contribution in [0.5, 0.6) is 5.75 Å². The Kier molecular flexibility index (Phi) is 2.47. The van der Waals surface area contributed by atoms with Gasteiger partial charge in [0, 0.05) is 0 Å². The molecule has 0 spiro atoms. The van der Waals surface area contributed by atoms with Crippen molar-refractivity contribution in [2.75, 3.05) is 0 Å². The second-order valence-electron chi connectivity index (χ2n) is 4.97. The predicted molar refractivity (Wildman–Crippen MR) is 81.9 cm³/mol. The van der Waals surface area contributed by atoms with Crippen LogP contribution >= 0.6 is 0 Å². The molecule has 106 valence electrons. The van der Waals surface area contributed by atoms with Crippen molar-refractivity contribution in [3.8, 4) is 16.9 Å². The number of aromatic hydroxyl groups is 1. The summed E-state index contributed by atoms with van der Waals surface area (Å²) in [6.07, 6.45) is 0. The van der Waals surface area contributed by atoms with Gasteiger partial charge in [-0.2, -0.15) is 0 Å². The van der Waals surface area contributed by atoms with Gasteiger partial charge >= 0.3 is 0 Å². The van der Waals surface area contributed by atoms with Gasteiger partial charge in [0.15, 0.2) is 11.4 Å². The standard InChI is InChI=1S/C16H9N3O3/c20-13-8-12(19(21)22)14(16-15(13)17-18-16)11-7-3-5-9-4-1-2-6-10(9)11/h1-8,20H. The molecule has 1 aliphatic heterocycles. The minimum absolute atomic E-state index is 0.175. The highest BCUT2D eigenvalue weighted by Crippen LogP contribution is 2.55. The topological polar surface area (TPSA) is 88.1 Å². The van der Waals surface area contributed by atoms with Crippen LogP contribution in [0.4, 0.5) is 17.1 Å². The third-order valence-corrected chi connectivity index (χ3v) is 3.74. The molecule has 0 aliphatic carbocycles. The summed E-state index contributed by atoms with van der Waals surface area (Å²) >= 11 is 0. The Balaban J connectivity index is 2.12. The second-order valence-corrected chi connectivity index (χ2v) is 4.97. The lowest BCUT2D eigenvalue weighted by Crippen LogP contribution is -1.96. The Morgan fingerprint density at radius 2 is 1.73 bits per heavy atom. The summed E-state index contributed by atoms with van der Waals surface area (Å²) < 4.78 is 0. The van der Waals surface area contributed by atoms with Crippen molar-refractivity contribution in [1.82, 2.24) is 0 Å². The number of hydrogen-bond donors (Lipinski definition) is 1. The molecular weight excluding hydrogens is 282 g/mol. The minimum atomic E-state index is -0.509. The van der Waals surface area contributed by atoms with Crippen LogP contribution in [-0.2, 0) is 0 Å². The molecule has 1 aliphatic rings. The molecule has 22 heavy (non-hydrogen) atoms. The number of hydrogen-bond acceptors (Lipinski definition) is 5. The Labute approximate surface area is 124 Å². The van der Waals surface area contributed by atoms with Gasteiger partial charge in [0.05, 0.1) is 16.6 Å². The fourth-order valence-electron chi connectivity index (χ4n) is 2.74. The van der Waals surface area contributed by atoms with Crippen molar-refractivity contribution >= 4 is 27.8 Å². The summed E-state index contributed by atoms with van der Waals surface area (Å²) in [7, 11) is 0. The summed E-state index contributed by atoms with van der Waals surface area (Å²) in [5, 5.41) is 30.7. The van der Waals surface area contributed by atoms with E-state index in [4.69, 9.17) is 0 Å². The number of azo groups is 1. The summed E-state index contributed by atoms with van der Waals surface area (Å²) in [5.41, 5.74) is 1.59. The molecule has 6 nitrogen and oxygen atoms in total. The van der Waals surface area contributed by atoms with E-state index in [0.717, 1.165) is 16.8 Å². The molecule has 4 rings (SSSR count). The zero-order valence-corrected chi connectivity index (χ0v) is 11.2. The molecule has 1 heterocycles. The SMILES string of the molecule is O=[N+]([O-])c1cc(O)c2c(c1-c1cccc3ccccc13)N=N2. The first kappa shape index (κ1) is 12.5. The molecule has 0 aromatic heterocycles. The molecule has 0 saturated heterocycles. The first-order valence-electron chi connectivity index (χ1n) is 6.61. The Bertz CT molecular complexity index is 975. The summed E-state index contributed by atoms with van der Waals surface area (Å²) in [5.74, 6) is -0.222. The van der Waals surface area contributed by atoms with Gasteiger partial charge in [-0.05, 0) is 16.3 Å². The maximum absolute atomic E-state index is 11.4. The highest BCUT2D eigenvalue weighted by atomic mass is 16.6. The van der Waals surface area contributed by atoms with Gasteiger partial charge in [0.25, 0.3) is 5.69 Å². The molecule has 0 amide bonds. The highest BCUT2D eigenvalue weighted by Gasteiger charge is 2.30. The zero-order chi connectivity index (χ0) is 15.3. The third kappa shape index (κ3) is 1.61. The molecule has 1 N–H and O–H groups in total. The van der Waals surface area contributed by atoms with Crippen LogP contribution in [0.1, 0.15) is 0 Å². The number of benzene rings is 3. The molecule has 0 unspecified atom stereocenters. The van der Waals surface area contributed by atoms with Gasteiger partial charge in [0.1, 0.15) is 5.69 Å². The first-order valence-corrected chi connectivity index (χ1v) is 6.61. The predicted octanol–water partition coefficient (Wildman–Crippen LogP) is 4.85. The van der Waals surface area contributed by atoms with E-state index in [9.17, 15) is 15.2 Å². The van der Waals surface area contributed by atoms with Crippen LogP contribution in [0.2, 0.25) is 0 Å². The molecule has 0 atom stereocenters. The fraction of sp³-hybridized carbons (Fsp3) is 0. The van der Waals surface area contributed by atoms with Crippen LogP contribution in [-0.4, -0.2) is 10.0 Å². The van der Waals surface area contributed by atoms with Gasteiger partial charge in [0.2, 0.25) is 0 Å². The minimum Gasteiger partial charge on any atom is -0.505 e. The third-order valence-electron chi connectivity index (χ3n) is 3.74. The molecular formula is C16H9N3O3. The zero-order valence-electron chi connectivity index (χ0n) is 11.2. The van der Waals surface area contributed by atoms with E-state index < -0.39 is 4.92 Å². The lowest BCUT2D eigenvalue weighted by Gasteiger charge is -2.16. The second kappa shape index (κ2) is 4.36. The van der Waals surface area contributed by atoms with Crippen molar-refractivity contribution < 1.29 is 10.0 Å². The number of nitro benzene ring substituents is 1. The van der Waals surface area contributed by atoms with E-state index in [1.54, 1.807) is 0 Å². The molecule has 3 aromatic rings. The highest BCUT2D eigenvalue weighted by molar-refractivity contribution is 6.05. The van der Waals surface area contributed by atoms with E-state index in [1.165, 1.54) is 0 Å². The van der Waals surface area contributed by atoms with Crippen LogP contribution in [0.3, 0.4) is 0 Å². The van der Waals surface area contributed by atoms with E-state index in [-0.39, 0.29) is 11.4 Å². The molecule has 0 fully saturated rings. The van der Waals surface area contributed by atoms with Gasteiger partial charge in [-0.3, -0.25) is 10.1 Å². The largest absolute Gasteiger partial charge is 0.505 e. The number of nitrogens with zero attached hydrogens (tertiary/aromatic N) is 3. The van der Waals surface area contributed by atoms with E-state index in [2.05, 4.69) is 10.2 Å². The first-order chi connectivity index (χ1) is 10.7. The normalized spacial score (nSPS) is 12.0. The van der Waals surface area contributed by atoms with Gasteiger partial charge in [-0.25, -0.2) is 0 Å². The molecule has 0 saturated carbocycles. The average molecular weight is 291 g/mol. The number of phenols is 1. The smallest absolute Gasteiger partial charge is 0.283 e. The van der Waals surface area contributed by atoms with E-state index in [0.29, 0.717) is 22.5 Å². The van der Waals surface area contributed by atoms with Crippen LogP contribution < -0.4 is 0 Å². The van der Waals surface area contributed by atoms with Crippen molar-refractivity contribution in [3.63, 3.8) is 0 Å². The van der Waals surface area contributed by atoms with E-state index in [1.807, 2.05) is 42.5 Å². The number of nitro groups is 1. The van der Waals surface area contributed by atoms with Crippen LogP contribution in [0.15, 0.2) is 58.8 Å². The Morgan fingerprint density at radius 1 is 1.00 bits per heavy atom. The summed E-state index contributed by atoms with van der Waals surface area (Å²) in [6, 6.07) is 14.4.